The second-order valence-electron chi connectivity index (χ2n) is 2.16. The Morgan fingerprint density at radius 2 is 2.08 bits per heavy atom. The smallest absolute Gasteiger partial charge is 0.339 e. The molecule has 0 aliphatic rings. The fraction of sp³-hybridized carbons (Fsp3) is 0.750. The number of primary amides is 1. The number of nitrogens with two attached hydrogens (primary N) is 1. The molecule has 0 aromatic heterocycles. The van der Waals surface area contributed by atoms with Gasteiger partial charge in [0.25, 0.3) is 0 Å². The maximum atomic E-state index is 10.4. The number of hydrogen-bond donors (Lipinski definition) is 5. The molecule has 0 saturated carbocycles. The van der Waals surface area contributed by atoms with Crippen molar-refractivity contribution in [3.8, 4) is 0 Å². The first-order valence-corrected chi connectivity index (χ1v) is 4.84. The van der Waals surface area contributed by atoms with E-state index in [1.54, 1.807) is 0 Å². The molecule has 0 aromatic carbocycles. The van der Waals surface area contributed by atoms with E-state index in [0.29, 0.717) is 0 Å². The first-order chi connectivity index (χ1) is 5.37. The highest BCUT2D eigenvalue weighted by Gasteiger charge is 2.19. The molecule has 0 unspecified atom stereocenters. The predicted octanol–water partition coefficient (Wildman–Crippen LogP) is -2.44. The van der Waals surface area contributed by atoms with Gasteiger partial charge in [-0.25, -0.2) is 0 Å². The minimum atomic E-state index is -4.20. The van der Waals surface area contributed by atoms with Crippen LogP contribution in [-0.4, -0.2) is 39.7 Å². The molecule has 0 radical (unpaired) electrons. The summed E-state index contributed by atoms with van der Waals surface area (Å²) in [5.74, 6) is -0.856. The summed E-state index contributed by atoms with van der Waals surface area (Å²) in [6.45, 7) is -0.588. The topological polar surface area (TPSA) is 133 Å². The highest BCUT2D eigenvalue weighted by molar-refractivity contribution is 7.51. The summed E-state index contributed by atoms with van der Waals surface area (Å²) < 4.78 is 10.3. The molecular weight excluding hydrogens is 187 g/mol. The van der Waals surface area contributed by atoms with Gasteiger partial charge in [-0.2, -0.15) is 0 Å². The number of amides is 1. The fourth-order valence-corrected chi connectivity index (χ4v) is 0.942. The van der Waals surface area contributed by atoms with Crippen molar-refractivity contribution in [1.82, 2.24) is 5.32 Å². The zero-order valence-corrected chi connectivity index (χ0v) is 7.07. The number of nitrogens with one attached hydrogen (secondary N) is 1. The number of hydrogen-bond acceptors (Lipinski definition) is 4. The average Bonchev–Trinajstić information content (AvgIpc) is 1.85. The standard InChI is InChI=1S/C4H11N2O5P/c5-4(8)3(1-7)6-2-12(9,10)11/h3,6-7H,1-2H2,(H2,5,8)(H2,9,10,11)/t3-/m0/s1. The second kappa shape index (κ2) is 4.54. The summed E-state index contributed by atoms with van der Waals surface area (Å²) in [6.07, 6.45) is -0.679. The first-order valence-electron chi connectivity index (χ1n) is 3.05. The minimum absolute atomic E-state index is 0.588. The Morgan fingerprint density at radius 3 is 2.33 bits per heavy atom. The second-order valence-corrected chi connectivity index (χ2v) is 3.81. The van der Waals surface area contributed by atoms with E-state index in [0.717, 1.165) is 0 Å². The molecule has 72 valence electrons. The molecule has 0 saturated heterocycles. The molecule has 0 aliphatic heterocycles. The van der Waals surface area contributed by atoms with E-state index in [-0.39, 0.29) is 0 Å². The predicted molar refractivity (Wildman–Crippen MR) is 40.1 cm³/mol. The van der Waals surface area contributed by atoms with Crippen LogP contribution in [0.3, 0.4) is 0 Å². The van der Waals surface area contributed by atoms with Crippen LogP contribution >= 0.6 is 7.60 Å². The Kier molecular flexibility index (Phi) is 4.36. The van der Waals surface area contributed by atoms with Gasteiger partial charge < -0.3 is 20.6 Å². The lowest BCUT2D eigenvalue weighted by atomic mass is 10.3. The summed E-state index contributed by atoms with van der Waals surface area (Å²) in [7, 11) is -4.20. The highest BCUT2D eigenvalue weighted by Crippen LogP contribution is 2.32. The van der Waals surface area contributed by atoms with Crippen LogP contribution in [0, 0.1) is 0 Å². The normalized spacial score (nSPS) is 14.2. The Bertz CT molecular complexity index is 202. The van der Waals surface area contributed by atoms with Crippen molar-refractivity contribution in [2.45, 2.75) is 6.04 Å². The van der Waals surface area contributed by atoms with Gasteiger partial charge in [0, 0.05) is 0 Å². The molecule has 1 amide bonds. The Hall–Kier alpha value is -0.460. The van der Waals surface area contributed by atoms with Gasteiger partial charge in [0.2, 0.25) is 5.91 Å². The van der Waals surface area contributed by atoms with Crippen molar-refractivity contribution < 1.29 is 24.3 Å². The van der Waals surface area contributed by atoms with E-state index in [4.69, 9.17) is 20.6 Å². The fourth-order valence-electron chi connectivity index (χ4n) is 0.484. The molecule has 0 fully saturated rings. The lowest BCUT2D eigenvalue weighted by Gasteiger charge is -2.12. The van der Waals surface area contributed by atoms with Crippen LogP contribution in [-0.2, 0) is 9.36 Å². The molecule has 7 nitrogen and oxygen atoms in total. The molecule has 0 aromatic rings. The van der Waals surface area contributed by atoms with Gasteiger partial charge in [0.15, 0.2) is 0 Å². The summed E-state index contributed by atoms with van der Waals surface area (Å²) in [6, 6.07) is -1.11. The molecule has 12 heavy (non-hydrogen) atoms. The van der Waals surface area contributed by atoms with Crippen molar-refractivity contribution in [2.75, 3.05) is 12.9 Å². The molecule has 0 heterocycles. The maximum absolute atomic E-state index is 10.4. The molecule has 8 heteroatoms. The monoisotopic (exact) mass is 198 g/mol. The van der Waals surface area contributed by atoms with Crippen LogP contribution in [0.1, 0.15) is 0 Å². The molecule has 1 atom stereocenters. The van der Waals surface area contributed by atoms with Crippen molar-refractivity contribution in [3.05, 3.63) is 0 Å². The first kappa shape index (κ1) is 11.5. The number of aliphatic hydroxyl groups excluding tert-OH is 1. The highest BCUT2D eigenvalue weighted by atomic mass is 31.2. The van der Waals surface area contributed by atoms with Gasteiger partial charge in [0.1, 0.15) is 6.04 Å². The lowest BCUT2D eigenvalue weighted by Crippen LogP contribution is -2.44. The van der Waals surface area contributed by atoms with Crippen molar-refractivity contribution in [1.29, 1.82) is 0 Å². The van der Waals surface area contributed by atoms with Crippen LogP contribution in [0.4, 0.5) is 0 Å². The number of carbonyl (C=O) groups is 1. The SMILES string of the molecule is NC(=O)[C@H](CO)NCP(=O)(O)O. The Morgan fingerprint density at radius 1 is 1.58 bits per heavy atom. The zero-order chi connectivity index (χ0) is 9.78. The van der Waals surface area contributed by atoms with Crippen molar-refractivity contribution in [2.24, 2.45) is 5.73 Å². The van der Waals surface area contributed by atoms with E-state index < -0.39 is 32.4 Å². The minimum Gasteiger partial charge on any atom is -0.394 e. The maximum Gasteiger partial charge on any atom is 0.339 e. The number of rotatable bonds is 5. The number of carbonyl (C=O) groups excluding carboxylic acids is 1. The van der Waals surface area contributed by atoms with Crippen LogP contribution in [0.15, 0.2) is 0 Å². The molecule has 0 rings (SSSR count). The van der Waals surface area contributed by atoms with Gasteiger partial charge >= 0.3 is 7.60 Å². The summed E-state index contributed by atoms with van der Waals surface area (Å²) in [4.78, 5) is 27.1. The summed E-state index contributed by atoms with van der Waals surface area (Å²) in [5.41, 5.74) is 4.76. The van der Waals surface area contributed by atoms with Gasteiger partial charge in [0.05, 0.1) is 12.9 Å². The van der Waals surface area contributed by atoms with Crippen LogP contribution in [0.5, 0.6) is 0 Å². The van der Waals surface area contributed by atoms with E-state index >= 15 is 0 Å². The van der Waals surface area contributed by atoms with Crippen LogP contribution in [0.2, 0.25) is 0 Å². The van der Waals surface area contributed by atoms with E-state index in [1.165, 1.54) is 0 Å². The summed E-state index contributed by atoms with van der Waals surface area (Å²) in [5, 5.41) is 10.6. The largest absolute Gasteiger partial charge is 0.394 e. The molecule has 0 spiro atoms. The Balaban J connectivity index is 3.90. The van der Waals surface area contributed by atoms with Crippen molar-refractivity contribution >= 4 is 13.5 Å². The lowest BCUT2D eigenvalue weighted by molar-refractivity contribution is -0.120. The molecule has 0 bridgehead atoms. The van der Waals surface area contributed by atoms with Crippen molar-refractivity contribution in [3.63, 3.8) is 0 Å². The molecular formula is C4H11N2O5P. The average molecular weight is 198 g/mol. The summed E-state index contributed by atoms with van der Waals surface area (Å²) >= 11 is 0. The number of aliphatic hydroxyl groups is 1. The zero-order valence-electron chi connectivity index (χ0n) is 6.17. The Labute approximate surface area is 68.7 Å². The van der Waals surface area contributed by atoms with Gasteiger partial charge in [-0.1, -0.05) is 0 Å². The third-order valence-corrected chi connectivity index (χ3v) is 1.66. The van der Waals surface area contributed by atoms with Crippen LogP contribution in [0.25, 0.3) is 0 Å². The van der Waals surface area contributed by atoms with Gasteiger partial charge in [-0.3, -0.25) is 14.7 Å². The quantitative estimate of drug-likeness (QED) is 0.311. The van der Waals surface area contributed by atoms with Gasteiger partial charge in [-0.15, -0.1) is 0 Å². The van der Waals surface area contributed by atoms with Crippen LogP contribution < -0.4 is 11.1 Å². The third kappa shape index (κ3) is 5.22. The van der Waals surface area contributed by atoms with Gasteiger partial charge in [-0.05, 0) is 0 Å². The molecule has 6 N–H and O–H groups in total. The van der Waals surface area contributed by atoms with E-state index in [9.17, 15) is 9.36 Å². The van der Waals surface area contributed by atoms with E-state index in [1.807, 2.05) is 0 Å². The van der Waals surface area contributed by atoms with E-state index in [2.05, 4.69) is 5.32 Å². The third-order valence-electron chi connectivity index (χ3n) is 1.07. The molecule has 0 aliphatic carbocycles.